The van der Waals surface area contributed by atoms with E-state index in [0.717, 1.165) is 4.57 Å². The molecule has 2 N–H and O–H groups in total. The number of aromatic nitrogens is 6. The number of imide groups is 1. The number of nitrogens with zero attached hydrogens (tertiary/aromatic N) is 7. The molecule has 4 atom stereocenters. The number of hydrogen-bond donors (Lipinski definition) is 2. The van der Waals surface area contributed by atoms with Gasteiger partial charge in [0.25, 0.3) is 17.4 Å². The van der Waals surface area contributed by atoms with E-state index in [0.29, 0.717) is 45.4 Å². The third-order valence-corrected chi connectivity index (χ3v) is 13.5. The SMILES string of the molecule is COc1cc2nc(CCn3c(=O)n4n(c3=O)C3CC5C(=O)N(Nc6ncc(C(F)(F)F)cc6Cl)C(=O)C5(c5ccc(Cl)cc5)C(c5c(OC)cc(O)cc5OC)C3=CC4)c(=O)n(C)c2cc1OC. The van der Waals surface area contributed by atoms with Gasteiger partial charge < -0.3 is 28.6 Å². The average molecular weight is 980 g/mol. The summed E-state index contributed by atoms with van der Waals surface area (Å²) in [5.74, 6) is -4.43. The van der Waals surface area contributed by atoms with Crippen molar-refractivity contribution in [2.75, 3.05) is 33.9 Å². The van der Waals surface area contributed by atoms with Gasteiger partial charge in [0.2, 0.25) is 0 Å². The Hall–Kier alpha value is -7.26. The van der Waals surface area contributed by atoms with E-state index in [4.69, 9.17) is 42.1 Å². The Bertz CT molecular complexity index is 3290. The number of alkyl halides is 3. The molecule has 3 aromatic heterocycles. The maximum atomic E-state index is 15.6. The summed E-state index contributed by atoms with van der Waals surface area (Å²) in [7, 11) is 7.10. The molecule has 23 heteroatoms. The summed E-state index contributed by atoms with van der Waals surface area (Å²) in [5.41, 5.74) is -0.896. The molecule has 354 valence electrons. The number of allylic oxidation sites excluding steroid dienone is 2. The van der Waals surface area contributed by atoms with Crippen molar-refractivity contribution in [3.05, 3.63) is 136 Å². The Balaban J connectivity index is 1.21. The number of halogens is 5. The van der Waals surface area contributed by atoms with Crippen molar-refractivity contribution in [3.63, 3.8) is 0 Å². The molecule has 0 radical (unpaired) electrons. The van der Waals surface area contributed by atoms with Crippen molar-refractivity contribution in [3.8, 4) is 28.7 Å². The number of amides is 2. The van der Waals surface area contributed by atoms with E-state index in [9.17, 15) is 32.7 Å². The number of hydrazine groups is 1. The topological polar surface area (TPSA) is 203 Å². The summed E-state index contributed by atoms with van der Waals surface area (Å²) in [6.45, 7) is -0.495. The van der Waals surface area contributed by atoms with E-state index in [1.807, 2.05) is 0 Å². The van der Waals surface area contributed by atoms with Crippen molar-refractivity contribution in [1.82, 2.24) is 33.5 Å². The molecule has 3 aromatic carbocycles. The second-order valence-electron chi connectivity index (χ2n) is 16.2. The smallest absolute Gasteiger partial charge is 0.417 e. The first kappa shape index (κ1) is 45.9. The number of carbonyl (C=O) groups is 2. The maximum Gasteiger partial charge on any atom is 0.417 e. The average Bonchev–Trinajstić information content (AvgIpc) is 3.69. The molecule has 68 heavy (non-hydrogen) atoms. The standard InChI is InChI=1S/C45H39Cl2F3N8O10/c1-54-31-19-33(66-3)32(65-2)18-29(31)52-28(40(54)61)11-12-55-42(63)56-13-10-25-30(58(56)43(55)64)17-26-39(60)57(53-38-27(47)14-22(20-51-38)45(48,49)50)41(62)44(26,21-6-8-23(46)9-7-21)37(25)36-34(67-4)15-24(59)16-35(36)68-5/h6-10,14-16,18-20,26,30,37,59H,11-13,17H2,1-5H3,(H,51,53). The predicted molar refractivity (Wildman–Crippen MR) is 239 cm³/mol. The minimum atomic E-state index is -4.81. The summed E-state index contributed by atoms with van der Waals surface area (Å²) in [5, 5.41) is 11.2. The van der Waals surface area contributed by atoms with Crippen molar-refractivity contribution in [1.29, 1.82) is 0 Å². The van der Waals surface area contributed by atoms with Crippen molar-refractivity contribution >= 4 is 51.9 Å². The fourth-order valence-corrected chi connectivity index (χ4v) is 10.2. The Labute approximate surface area is 392 Å². The fourth-order valence-electron chi connectivity index (χ4n) is 9.90. The number of methoxy groups -OCH3 is 4. The minimum Gasteiger partial charge on any atom is -0.508 e. The number of phenolic OH excluding ortho intramolecular Hbond substituents is 1. The zero-order valence-corrected chi connectivity index (χ0v) is 38.1. The second kappa shape index (κ2) is 16.8. The van der Waals surface area contributed by atoms with Crippen LogP contribution in [0, 0.1) is 5.92 Å². The molecule has 3 aliphatic rings. The van der Waals surface area contributed by atoms with E-state index >= 15 is 9.59 Å². The summed E-state index contributed by atoms with van der Waals surface area (Å²) in [4.78, 5) is 81.9. The molecule has 1 saturated heterocycles. The van der Waals surface area contributed by atoms with Gasteiger partial charge in [0.05, 0.1) is 74.0 Å². The summed E-state index contributed by atoms with van der Waals surface area (Å²) in [6.07, 6.45) is -3.08. The van der Waals surface area contributed by atoms with E-state index in [-0.39, 0.29) is 65.0 Å². The van der Waals surface area contributed by atoms with Crippen LogP contribution in [0.2, 0.25) is 10.0 Å². The quantitative estimate of drug-likeness (QED) is 0.124. The Morgan fingerprint density at radius 2 is 1.53 bits per heavy atom. The van der Waals surface area contributed by atoms with Crippen LogP contribution in [0.5, 0.6) is 28.7 Å². The molecule has 4 unspecified atom stereocenters. The van der Waals surface area contributed by atoms with Gasteiger partial charge in [0.1, 0.15) is 22.9 Å². The Morgan fingerprint density at radius 3 is 2.15 bits per heavy atom. The second-order valence-corrected chi connectivity index (χ2v) is 17.1. The number of pyridine rings is 1. The van der Waals surface area contributed by atoms with Crippen molar-refractivity contribution in [2.24, 2.45) is 13.0 Å². The molecule has 2 fully saturated rings. The lowest BCUT2D eigenvalue weighted by molar-refractivity contribution is -0.139. The molecule has 0 spiro atoms. The zero-order valence-electron chi connectivity index (χ0n) is 36.6. The van der Waals surface area contributed by atoms with Gasteiger partial charge in [-0.15, -0.1) is 0 Å². The number of rotatable bonds is 11. The largest absolute Gasteiger partial charge is 0.508 e. The number of fused-ring (bicyclic) bond motifs is 5. The third kappa shape index (κ3) is 6.96. The molecule has 2 amide bonds. The van der Waals surface area contributed by atoms with Crippen LogP contribution < -0.4 is 41.3 Å². The Morgan fingerprint density at radius 1 is 0.882 bits per heavy atom. The van der Waals surface area contributed by atoms with Crippen LogP contribution >= 0.6 is 23.2 Å². The summed E-state index contributed by atoms with van der Waals surface area (Å²) in [6, 6.07) is 11.4. The molecule has 1 aliphatic carbocycles. The number of aryl methyl sites for hydroxylation is 2. The predicted octanol–water partition coefficient (Wildman–Crippen LogP) is 5.38. The van der Waals surface area contributed by atoms with Crippen molar-refractivity contribution < 1.29 is 46.8 Å². The molecule has 2 aliphatic heterocycles. The first-order chi connectivity index (χ1) is 32.4. The van der Waals surface area contributed by atoms with Gasteiger partial charge in [0, 0.05) is 67.0 Å². The van der Waals surface area contributed by atoms with E-state index in [1.165, 1.54) is 66.6 Å². The number of benzene rings is 3. The number of ether oxygens (including phenoxy) is 4. The van der Waals surface area contributed by atoms with Crippen LogP contribution in [-0.4, -0.2) is 78.8 Å². The first-order valence-electron chi connectivity index (χ1n) is 20.7. The lowest BCUT2D eigenvalue weighted by atomic mass is 9.53. The van der Waals surface area contributed by atoms with Gasteiger partial charge in [0.15, 0.2) is 17.3 Å². The number of nitrogens with one attached hydrogen (secondary N) is 1. The van der Waals surface area contributed by atoms with E-state index in [1.54, 1.807) is 37.4 Å². The molecular weight excluding hydrogens is 940 g/mol. The number of anilines is 1. The van der Waals surface area contributed by atoms with Crippen LogP contribution in [-0.2, 0) is 47.7 Å². The lowest BCUT2D eigenvalue weighted by Gasteiger charge is -2.49. The van der Waals surface area contributed by atoms with Gasteiger partial charge >= 0.3 is 17.6 Å². The van der Waals surface area contributed by atoms with Gasteiger partial charge in [-0.05, 0) is 35.8 Å². The highest BCUT2D eigenvalue weighted by Crippen LogP contribution is 2.64. The van der Waals surface area contributed by atoms with E-state index < -0.39 is 74.6 Å². The Kier molecular flexibility index (Phi) is 11.3. The summed E-state index contributed by atoms with van der Waals surface area (Å²) >= 11 is 12.7. The number of carbonyl (C=O) groups excluding carboxylic acids is 2. The minimum absolute atomic E-state index is 0.0213. The molecular formula is C45H39Cl2F3N8O10. The van der Waals surface area contributed by atoms with E-state index in [2.05, 4.69) is 15.4 Å². The summed E-state index contributed by atoms with van der Waals surface area (Å²) < 4.78 is 68.2. The molecule has 1 saturated carbocycles. The number of phenols is 1. The number of hydrogen-bond acceptors (Lipinski definition) is 13. The van der Waals surface area contributed by atoms with Gasteiger partial charge in [-0.25, -0.2) is 33.5 Å². The zero-order chi connectivity index (χ0) is 48.7. The van der Waals surface area contributed by atoms with Crippen molar-refractivity contribution in [2.45, 2.75) is 49.5 Å². The highest BCUT2D eigenvalue weighted by molar-refractivity contribution is 6.33. The van der Waals surface area contributed by atoms with Crippen LogP contribution in [0.25, 0.3) is 11.0 Å². The highest BCUT2D eigenvalue weighted by atomic mass is 35.5. The van der Waals surface area contributed by atoms with Crippen LogP contribution in [0.4, 0.5) is 19.0 Å². The van der Waals surface area contributed by atoms with Crippen LogP contribution in [0.3, 0.4) is 0 Å². The monoisotopic (exact) mass is 978 g/mol. The highest BCUT2D eigenvalue weighted by Gasteiger charge is 2.69. The molecule has 6 aromatic rings. The molecule has 0 bridgehead atoms. The van der Waals surface area contributed by atoms with Gasteiger partial charge in [-0.2, -0.15) is 18.2 Å². The van der Waals surface area contributed by atoms with Crippen LogP contribution in [0.1, 0.15) is 40.8 Å². The van der Waals surface area contributed by atoms with Gasteiger partial charge in [-0.3, -0.25) is 19.8 Å². The number of aromatic hydroxyl groups is 1. The van der Waals surface area contributed by atoms with Gasteiger partial charge in [-0.1, -0.05) is 41.4 Å². The normalized spacial score (nSPS) is 19.9. The molecule has 9 rings (SSSR count). The lowest BCUT2D eigenvalue weighted by Crippen LogP contribution is -2.53. The third-order valence-electron chi connectivity index (χ3n) is 12.9. The fraction of sp³-hybridized carbons (Fsp3) is 0.311. The first-order valence-corrected chi connectivity index (χ1v) is 21.5. The van der Waals surface area contributed by atoms with Crippen LogP contribution in [0.15, 0.2) is 86.8 Å². The maximum absolute atomic E-state index is 15.6. The molecule has 5 heterocycles. The molecule has 18 nitrogen and oxygen atoms in total.